The molecule has 5 N–H and O–H groups in total. The Morgan fingerprint density at radius 3 is 1.21 bits per heavy atom. The number of anilines is 5. The summed E-state index contributed by atoms with van der Waals surface area (Å²) in [4.78, 5) is 38.4. The fourth-order valence-corrected chi connectivity index (χ4v) is 18.2. The number of fused-ring (bicyclic) bond motifs is 5. The van der Waals surface area contributed by atoms with Crippen LogP contribution < -0.4 is 24.5 Å². The lowest BCUT2D eigenvalue weighted by molar-refractivity contribution is -0.134. The van der Waals surface area contributed by atoms with E-state index in [4.69, 9.17) is 11.6 Å². The van der Waals surface area contributed by atoms with Crippen LogP contribution in [0.4, 0.5) is 28.4 Å². The molecule has 5 aliphatic rings. The highest BCUT2D eigenvalue weighted by Crippen LogP contribution is 2.36. The zero-order chi connectivity index (χ0) is 71.6. The molecule has 5 aromatic heterocycles. The molecule has 28 nitrogen and oxygen atoms in total. The molecule has 0 bridgehead atoms. The van der Waals surface area contributed by atoms with E-state index in [1.165, 1.54) is 34.4 Å². The minimum absolute atomic E-state index is 0.0269. The third-order valence-electron chi connectivity index (χ3n) is 19.3. The number of hydrogen-bond acceptors (Lipinski definition) is 18. The van der Waals surface area contributed by atoms with Crippen LogP contribution in [0.5, 0.6) is 0 Å². The van der Waals surface area contributed by atoms with Crippen molar-refractivity contribution >= 4 is 136 Å². The second kappa shape index (κ2) is 29.5. The van der Waals surface area contributed by atoms with Gasteiger partial charge in [0.1, 0.15) is 0 Å². The van der Waals surface area contributed by atoms with Gasteiger partial charge in [0.15, 0.2) is 0 Å². The van der Waals surface area contributed by atoms with E-state index in [0.717, 1.165) is 111 Å². The maximum atomic E-state index is 11.9. The van der Waals surface area contributed by atoms with Gasteiger partial charge in [0.2, 0.25) is 41.9 Å². The predicted octanol–water partition coefficient (Wildman–Crippen LogP) is 7.38. The number of aromatic amines is 5. The first-order valence-electron chi connectivity index (χ1n) is 33.4. The molecule has 5 aliphatic heterocycles. The molecule has 5 aromatic carbocycles. The second-order valence-electron chi connectivity index (χ2n) is 27.5. The first kappa shape index (κ1) is 72.7. The first-order chi connectivity index (χ1) is 47.4. The molecule has 0 aliphatic carbocycles. The van der Waals surface area contributed by atoms with Crippen LogP contribution in [-0.2, 0) is 39.7 Å². The quantitative estimate of drug-likeness (QED) is 0.0990. The van der Waals surface area contributed by atoms with E-state index in [0.29, 0.717) is 70.5 Å². The third-order valence-corrected chi connectivity index (χ3v) is 23.7. The molecule has 32 heteroatoms. The molecule has 10 aromatic rings. The Morgan fingerprint density at radius 2 is 0.820 bits per heavy atom. The highest BCUT2D eigenvalue weighted by Gasteiger charge is 2.40. The number of piperazine rings is 5. The topological polar surface area (TPSA) is 312 Å². The Labute approximate surface area is 589 Å². The maximum Gasteiger partial charge on any atom is 0.220 e. The molecular weight excluding hydrogens is 1360 g/mol. The van der Waals surface area contributed by atoms with Gasteiger partial charge < -0.3 is 34.3 Å². The van der Waals surface area contributed by atoms with Gasteiger partial charge in [-0.3, -0.25) is 35.1 Å². The Balaban J connectivity index is 0.000000126. The zero-order valence-electron chi connectivity index (χ0n) is 58.5. The number of rotatable bonds is 8. The number of hydrogen-bond donors (Lipinski definition) is 5. The standard InChI is InChI=1S/C15H20N4O.C14H20N4O2S.C14H18N4O.C13H18N4O2S.C12H15ClN4O2S/c1-11(20)19-8-7-18(10-15(19,2)3)14-6-4-5-13-12(14)9-16-17-13;1-14(2)10-17(7-8-18(14)21(3,19)20)13-6-4-5-12-11(13)9-15-16-12;1-10-9-17(6-7-18(10)11(2)19)14-5-3-4-13-12(14)8-15-16-13;1-10-9-16(6-7-17(10)20(2,18)19)13-5-3-4-12-11(13)8-14-15-12;1-20(18,19)17-4-2-16(3-5-17)12-7-9(13)6-11-10(12)8-14-15-11/h4-6,9H,7-8,10H2,1-3H3,(H,16,17);4-6,9H,7-8,10H2,1-3H3,(H,15,16);3-5,8,10H,6-7,9H2,1-2H3,(H,15,16);3-5,8,10H,6-7,9H2,1-2H3,(H,14,15);6-8H,2-5H2,1H3,(H,14,15). The van der Waals surface area contributed by atoms with Crippen molar-refractivity contribution in [3.63, 3.8) is 0 Å². The van der Waals surface area contributed by atoms with E-state index in [2.05, 4.69) is 121 Å². The van der Waals surface area contributed by atoms with Crippen molar-refractivity contribution in [2.45, 2.75) is 78.6 Å². The van der Waals surface area contributed by atoms with Gasteiger partial charge in [0.05, 0.1) is 82.9 Å². The van der Waals surface area contributed by atoms with Crippen LogP contribution in [0.25, 0.3) is 54.5 Å². The van der Waals surface area contributed by atoms with E-state index >= 15 is 0 Å². The zero-order valence-corrected chi connectivity index (χ0v) is 61.7. The number of nitrogens with one attached hydrogen (secondary N) is 5. The molecular formula is C68H91ClN20O8S3. The summed E-state index contributed by atoms with van der Waals surface area (Å²) in [5, 5.41) is 41.3. The van der Waals surface area contributed by atoms with Gasteiger partial charge >= 0.3 is 0 Å². The SMILES string of the molecule is CC(=O)N1CCN(c2cccc3[nH]ncc23)CC1(C)C.CC(=O)N1CCN(c2cccc3[nH]ncc23)CC1C.CC1(C)CN(c2cccc3[nH]ncc23)CCN1S(C)(=O)=O.CC1CN(c2cccc3[nH]ncc23)CCN1S(C)(=O)=O.CS(=O)(=O)N1CCN(c2cc(Cl)cc3[nH]ncc23)CC1. The highest BCUT2D eigenvalue weighted by atomic mass is 35.5. The minimum atomic E-state index is -3.18. The van der Waals surface area contributed by atoms with Crippen molar-refractivity contribution in [3.05, 3.63) is 121 Å². The Kier molecular flexibility index (Phi) is 21.5. The van der Waals surface area contributed by atoms with Gasteiger partial charge in [-0.1, -0.05) is 35.9 Å². The van der Waals surface area contributed by atoms with E-state index in [-0.39, 0.29) is 29.4 Å². The number of sulfonamides is 3. The number of nitrogens with zero attached hydrogens (tertiary/aromatic N) is 15. The summed E-state index contributed by atoms with van der Waals surface area (Å²) in [5.74, 6) is 0.310. The lowest BCUT2D eigenvalue weighted by Gasteiger charge is -2.47. The lowest BCUT2D eigenvalue weighted by atomic mass is 9.97. The highest BCUT2D eigenvalue weighted by molar-refractivity contribution is 7.88. The van der Waals surface area contributed by atoms with Gasteiger partial charge in [-0.2, -0.15) is 38.4 Å². The van der Waals surface area contributed by atoms with Gasteiger partial charge in [-0.25, -0.2) is 25.3 Å². The Morgan fingerprint density at radius 1 is 0.430 bits per heavy atom. The van der Waals surface area contributed by atoms with Crippen LogP contribution in [0, 0.1) is 0 Å². The summed E-state index contributed by atoms with van der Waals surface area (Å²) in [6, 6.07) is 28.4. The van der Waals surface area contributed by atoms with E-state index in [1.54, 1.807) is 28.7 Å². The predicted molar refractivity (Wildman–Crippen MR) is 398 cm³/mol. The average molecular weight is 1450 g/mol. The van der Waals surface area contributed by atoms with Gasteiger partial charge in [-0.05, 0) is 102 Å². The van der Waals surface area contributed by atoms with Crippen molar-refractivity contribution in [1.29, 1.82) is 0 Å². The normalized spacial score (nSPS) is 19.6. The van der Waals surface area contributed by atoms with Gasteiger partial charge in [0, 0.05) is 197 Å². The molecule has 0 spiro atoms. The molecule has 5 fully saturated rings. The fourth-order valence-electron chi connectivity index (χ4n) is 14.6. The van der Waals surface area contributed by atoms with Crippen molar-refractivity contribution in [3.8, 4) is 0 Å². The summed E-state index contributed by atoms with van der Waals surface area (Å²) in [6.45, 7) is 26.5. The summed E-state index contributed by atoms with van der Waals surface area (Å²) >= 11 is 6.12. The molecule has 536 valence electrons. The Hall–Kier alpha value is -8.59. The number of H-pyrrole nitrogens is 5. The fraction of sp³-hybridized carbons (Fsp3) is 0.456. The minimum Gasteiger partial charge on any atom is -0.368 e. The number of amides is 2. The third kappa shape index (κ3) is 16.2. The van der Waals surface area contributed by atoms with Crippen molar-refractivity contribution < 1.29 is 34.8 Å². The number of carbonyl (C=O) groups excluding carboxylic acids is 2. The number of halogens is 1. The number of carbonyl (C=O) groups is 2. The first-order valence-corrected chi connectivity index (χ1v) is 39.3. The molecule has 15 rings (SSSR count). The second-order valence-corrected chi connectivity index (χ2v) is 33.7. The van der Waals surface area contributed by atoms with Crippen LogP contribution in [-0.4, -0.2) is 257 Å². The van der Waals surface area contributed by atoms with Crippen LogP contribution in [0.3, 0.4) is 0 Å². The van der Waals surface area contributed by atoms with E-state index in [1.807, 2.05) is 116 Å². The molecule has 2 atom stereocenters. The largest absolute Gasteiger partial charge is 0.368 e. The van der Waals surface area contributed by atoms with Crippen molar-refractivity contribution in [1.82, 2.24) is 73.7 Å². The molecule has 5 saturated heterocycles. The Bertz CT molecular complexity index is 4890. The molecule has 0 saturated carbocycles. The lowest BCUT2D eigenvalue weighted by Crippen LogP contribution is -2.60. The van der Waals surface area contributed by atoms with Gasteiger partial charge in [0.25, 0.3) is 0 Å². The molecule has 2 amide bonds. The van der Waals surface area contributed by atoms with Crippen molar-refractivity contribution in [2.75, 3.05) is 148 Å². The monoisotopic (exact) mass is 1450 g/mol. The summed E-state index contributed by atoms with van der Waals surface area (Å²) in [6.07, 6.45) is 12.9. The maximum absolute atomic E-state index is 11.9. The van der Waals surface area contributed by atoms with Crippen LogP contribution in [0.2, 0.25) is 5.02 Å². The smallest absolute Gasteiger partial charge is 0.220 e. The van der Waals surface area contributed by atoms with E-state index in [9.17, 15) is 34.8 Å². The van der Waals surface area contributed by atoms with Crippen LogP contribution in [0.1, 0.15) is 55.4 Å². The molecule has 0 radical (unpaired) electrons. The average Bonchev–Trinajstić information content (AvgIpc) is 1.19. The summed E-state index contributed by atoms with van der Waals surface area (Å²) in [7, 11) is -9.42. The van der Waals surface area contributed by atoms with E-state index < -0.39 is 35.6 Å². The molecule has 10 heterocycles. The number of benzene rings is 5. The number of aromatic nitrogens is 10. The van der Waals surface area contributed by atoms with Gasteiger partial charge in [-0.15, -0.1) is 0 Å². The van der Waals surface area contributed by atoms with Crippen LogP contribution in [0.15, 0.2) is 116 Å². The molecule has 100 heavy (non-hydrogen) atoms. The molecule has 2 unspecified atom stereocenters. The van der Waals surface area contributed by atoms with Crippen molar-refractivity contribution in [2.24, 2.45) is 0 Å². The summed E-state index contributed by atoms with van der Waals surface area (Å²) in [5.41, 5.74) is 9.98. The van der Waals surface area contributed by atoms with Crippen LogP contribution >= 0.6 is 11.6 Å². The summed E-state index contributed by atoms with van der Waals surface area (Å²) < 4.78 is 74.9.